The molecule has 0 spiro atoms. The van der Waals surface area contributed by atoms with E-state index in [0.29, 0.717) is 23.0 Å². The number of amides is 2. The van der Waals surface area contributed by atoms with Crippen molar-refractivity contribution in [3.05, 3.63) is 69.7 Å². The fourth-order valence-corrected chi connectivity index (χ4v) is 2.66. The zero-order valence-electron chi connectivity index (χ0n) is 14.8. The molecule has 0 heterocycles. The molecule has 2 aromatic carbocycles. The molecule has 0 aliphatic rings. The number of benzene rings is 2. The van der Waals surface area contributed by atoms with Gasteiger partial charge in [0.1, 0.15) is 5.41 Å². The van der Waals surface area contributed by atoms with Crippen LogP contribution in [0.4, 0.5) is 0 Å². The molecular formula is C20H22Cl2N2O2. The van der Waals surface area contributed by atoms with E-state index >= 15 is 0 Å². The number of hydrogen-bond donors (Lipinski definition) is 2. The van der Waals surface area contributed by atoms with Crippen molar-refractivity contribution in [2.75, 3.05) is 6.54 Å². The summed E-state index contributed by atoms with van der Waals surface area (Å²) in [4.78, 5) is 24.8. The van der Waals surface area contributed by atoms with Gasteiger partial charge in [-0.1, -0.05) is 53.5 Å². The first-order chi connectivity index (χ1) is 12.3. The van der Waals surface area contributed by atoms with E-state index in [4.69, 9.17) is 23.2 Å². The van der Waals surface area contributed by atoms with Crippen LogP contribution in [0.5, 0.6) is 0 Å². The molecule has 0 bridgehead atoms. The molecule has 2 aromatic rings. The van der Waals surface area contributed by atoms with Crippen LogP contribution in [0.25, 0.3) is 0 Å². The summed E-state index contributed by atoms with van der Waals surface area (Å²) in [6.07, 6.45) is 0.667. The van der Waals surface area contributed by atoms with Gasteiger partial charge in [0, 0.05) is 23.1 Å². The van der Waals surface area contributed by atoms with Crippen LogP contribution in [0.15, 0.2) is 48.5 Å². The summed E-state index contributed by atoms with van der Waals surface area (Å²) >= 11 is 11.9. The van der Waals surface area contributed by atoms with Crippen LogP contribution in [0.3, 0.4) is 0 Å². The Kier molecular flexibility index (Phi) is 7.06. The maximum atomic E-state index is 12.4. The summed E-state index contributed by atoms with van der Waals surface area (Å²) in [7, 11) is 0. The van der Waals surface area contributed by atoms with Gasteiger partial charge in [0.2, 0.25) is 11.8 Å². The van der Waals surface area contributed by atoms with E-state index in [1.807, 2.05) is 42.5 Å². The highest BCUT2D eigenvalue weighted by molar-refractivity contribution is 6.31. The molecule has 2 rings (SSSR count). The second-order valence-corrected chi connectivity index (χ2v) is 7.38. The summed E-state index contributed by atoms with van der Waals surface area (Å²) in [5.41, 5.74) is 0.693. The second kappa shape index (κ2) is 9.06. The van der Waals surface area contributed by atoms with E-state index in [9.17, 15) is 9.59 Å². The second-order valence-electron chi connectivity index (χ2n) is 6.53. The molecule has 0 saturated heterocycles. The molecule has 6 heteroatoms. The van der Waals surface area contributed by atoms with Crippen LogP contribution in [0, 0.1) is 5.41 Å². The van der Waals surface area contributed by atoms with Crippen molar-refractivity contribution < 1.29 is 9.59 Å². The Hall–Kier alpha value is -2.04. The molecule has 2 N–H and O–H groups in total. The third-order valence-corrected chi connectivity index (χ3v) is 4.77. The predicted octanol–water partition coefficient (Wildman–Crippen LogP) is 3.99. The minimum absolute atomic E-state index is 0.278. The number of carbonyl (C=O) groups excluding carboxylic acids is 2. The van der Waals surface area contributed by atoms with E-state index in [0.717, 1.165) is 11.1 Å². The molecule has 0 atom stereocenters. The summed E-state index contributed by atoms with van der Waals surface area (Å²) < 4.78 is 0. The average Bonchev–Trinajstić information content (AvgIpc) is 2.62. The van der Waals surface area contributed by atoms with Gasteiger partial charge in [-0.25, -0.2) is 0 Å². The fourth-order valence-electron chi connectivity index (χ4n) is 2.33. The normalized spacial score (nSPS) is 11.1. The molecule has 4 nitrogen and oxygen atoms in total. The smallest absolute Gasteiger partial charge is 0.235 e. The fraction of sp³-hybridized carbons (Fsp3) is 0.300. The van der Waals surface area contributed by atoms with E-state index in [-0.39, 0.29) is 18.4 Å². The largest absolute Gasteiger partial charge is 0.355 e. The zero-order valence-corrected chi connectivity index (χ0v) is 16.3. The Morgan fingerprint density at radius 1 is 0.923 bits per heavy atom. The number of rotatable bonds is 7. The van der Waals surface area contributed by atoms with Gasteiger partial charge in [-0.3, -0.25) is 9.59 Å². The van der Waals surface area contributed by atoms with E-state index in [1.54, 1.807) is 19.9 Å². The highest BCUT2D eigenvalue weighted by Gasteiger charge is 2.35. The standard InChI is InChI=1S/C20H22Cl2N2O2/c1-20(2,19(26)24-13-15-5-3-4-6-17(15)22)18(25)23-12-11-14-7-9-16(21)10-8-14/h3-10H,11-13H2,1-2H3,(H,23,25)(H,24,26). The zero-order chi connectivity index (χ0) is 19.2. The van der Waals surface area contributed by atoms with Crippen molar-refractivity contribution in [2.45, 2.75) is 26.8 Å². The van der Waals surface area contributed by atoms with Crippen molar-refractivity contribution in [1.82, 2.24) is 10.6 Å². The minimum atomic E-state index is -1.18. The first kappa shape index (κ1) is 20.3. The summed E-state index contributed by atoms with van der Waals surface area (Å²) in [6, 6.07) is 14.7. The molecule has 26 heavy (non-hydrogen) atoms. The summed E-state index contributed by atoms with van der Waals surface area (Å²) in [5.74, 6) is -0.662. The number of carbonyl (C=O) groups is 2. The van der Waals surface area contributed by atoms with Gasteiger partial charge in [0.25, 0.3) is 0 Å². The molecule has 0 aliphatic heterocycles. The van der Waals surface area contributed by atoms with Crippen molar-refractivity contribution >= 4 is 35.0 Å². The van der Waals surface area contributed by atoms with E-state index < -0.39 is 5.41 Å². The quantitative estimate of drug-likeness (QED) is 0.699. The topological polar surface area (TPSA) is 58.2 Å². The molecular weight excluding hydrogens is 371 g/mol. The minimum Gasteiger partial charge on any atom is -0.355 e. The van der Waals surface area contributed by atoms with Gasteiger partial charge in [-0.2, -0.15) is 0 Å². The lowest BCUT2D eigenvalue weighted by Crippen LogP contribution is -2.48. The van der Waals surface area contributed by atoms with Gasteiger partial charge in [0.05, 0.1) is 0 Å². The van der Waals surface area contributed by atoms with Gasteiger partial charge < -0.3 is 10.6 Å². The van der Waals surface area contributed by atoms with Crippen LogP contribution < -0.4 is 10.6 Å². The van der Waals surface area contributed by atoms with Gasteiger partial charge in [-0.05, 0) is 49.6 Å². The van der Waals surface area contributed by atoms with E-state index in [2.05, 4.69) is 10.6 Å². The predicted molar refractivity (Wildman–Crippen MR) is 105 cm³/mol. The number of hydrogen-bond acceptors (Lipinski definition) is 2. The Morgan fingerprint density at radius 2 is 1.54 bits per heavy atom. The molecule has 0 aromatic heterocycles. The molecule has 0 fully saturated rings. The SMILES string of the molecule is CC(C)(C(=O)NCCc1ccc(Cl)cc1)C(=O)NCc1ccccc1Cl. The van der Waals surface area contributed by atoms with Crippen molar-refractivity contribution in [3.8, 4) is 0 Å². The van der Waals surface area contributed by atoms with Crippen LogP contribution in [0.2, 0.25) is 10.0 Å². The molecule has 138 valence electrons. The first-order valence-electron chi connectivity index (χ1n) is 8.35. The Labute approximate surface area is 163 Å². The third kappa shape index (κ3) is 5.48. The maximum absolute atomic E-state index is 12.4. The summed E-state index contributed by atoms with van der Waals surface area (Å²) in [6.45, 7) is 3.93. The Morgan fingerprint density at radius 3 is 2.19 bits per heavy atom. The van der Waals surface area contributed by atoms with Crippen molar-refractivity contribution in [2.24, 2.45) is 5.41 Å². The van der Waals surface area contributed by atoms with E-state index in [1.165, 1.54) is 0 Å². The van der Waals surface area contributed by atoms with Gasteiger partial charge in [0.15, 0.2) is 0 Å². The first-order valence-corrected chi connectivity index (χ1v) is 9.11. The van der Waals surface area contributed by atoms with Crippen LogP contribution in [-0.2, 0) is 22.6 Å². The number of halogens is 2. The lowest BCUT2D eigenvalue weighted by atomic mass is 9.91. The highest BCUT2D eigenvalue weighted by atomic mass is 35.5. The lowest BCUT2D eigenvalue weighted by Gasteiger charge is -2.23. The molecule has 2 amide bonds. The molecule has 0 radical (unpaired) electrons. The number of nitrogens with one attached hydrogen (secondary N) is 2. The van der Waals surface area contributed by atoms with Crippen LogP contribution >= 0.6 is 23.2 Å². The monoisotopic (exact) mass is 392 g/mol. The third-order valence-electron chi connectivity index (χ3n) is 4.15. The average molecular weight is 393 g/mol. The Balaban J connectivity index is 1.84. The lowest BCUT2D eigenvalue weighted by molar-refractivity contribution is -0.141. The van der Waals surface area contributed by atoms with Crippen LogP contribution in [-0.4, -0.2) is 18.4 Å². The molecule has 0 saturated carbocycles. The maximum Gasteiger partial charge on any atom is 0.235 e. The molecule has 0 aliphatic carbocycles. The van der Waals surface area contributed by atoms with Crippen LogP contribution in [0.1, 0.15) is 25.0 Å². The Bertz CT molecular complexity index is 774. The van der Waals surface area contributed by atoms with Gasteiger partial charge in [-0.15, -0.1) is 0 Å². The summed E-state index contributed by atoms with van der Waals surface area (Å²) in [5, 5.41) is 6.85. The van der Waals surface area contributed by atoms with Crippen molar-refractivity contribution in [1.29, 1.82) is 0 Å². The van der Waals surface area contributed by atoms with Crippen molar-refractivity contribution in [3.63, 3.8) is 0 Å². The molecule has 0 unspecified atom stereocenters. The highest BCUT2D eigenvalue weighted by Crippen LogP contribution is 2.18. The van der Waals surface area contributed by atoms with Gasteiger partial charge >= 0.3 is 0 Å².